The molecule has 0 aromatic carbocycles. The van der Waals surface area contributed by atoms with Crippen LogP contribution in [0.1, 0.15) is 80.6 Å². The van der Waals surface area contributed by atoms with Crippen LogP contribution in [-0.2, 0) is 19.1 Å². The topological polar surface area (TPSA) is 128 Å². The van der Waals surface area contributed by atoms with Crippen LogP contribution in [0.3, 0.4) is 0 Å². The molecule has 0 aromatic rings. The zero-order chi connectivity index (χ0) is 23.0. The summed E-state index contributed by atoms with van der Waals surface area (Å²) in [6.45, 7) is 13.0. The molecule has 1 aliphatic rings. The van der Waals surface area contributed by atoms with E-state index in [1.807, 2.05) is 19.9 Å². The van der Waals surface area contributed by atoms with Crippen molar-refractivity contribution in [1.29, 1.82) is 0 Å². The largest absolute Gasteiger partial charge is 0.463 e. The number of carbonyl (C=O) groups excluding carboxylic acids is 3. The Morgan fingerprint density at radius 3 is 2.03 bits per heavy atom. The average molecular weight is 417 g/mol. The molecule has 0 fully saturated rings. The summed E-state index contributed by atoms with van der Waals surface area (Å²) in [5, 5.41) is 11.5. The molecule has 0 aliphatic heterocycles. The summed E-state index contributed by atoms with van der Waals surface area (Å²) >= 11 is 0. The van der Waals surface area contributed by atoms with Gasteiger partial charge in [-0.3, -0.25) is 4.79 Å². The predicted octanol–water partition coefficient (Wildman–Crippen LogP) is 3.21. The molecular formula is C21H40N2O6. The van der Waals surface area contributed by atoms with Gasteiger partial charge in [-0.25, -0.2) is 9.59 Å². The third-order valence-electron chi connectivity index (χ3n) is 3.71. The Morgan fingerprint density at radius 1 is 1.24 bits per heavy atom. The summed E-state index contributed by atoms with van der Waals surface area (Å²) in [6, 6.07) is 0.167. The lowest BCUT2D eigenvalue weighted by molar-refractivity contribution is -0.138. The third-order valence-corrected chi connectivity index (χ3v) is 3.71. The summed E-state index contributed by atoms with van der Waals surface area (Å²) in [5.74, 6) is -0.244. The number of hydrogen-bond donors (Lipinski definition) is 3. The Kier molecular flexibility index (Phi) is 15.9. The van der Waals surface area contributed by atoms with Crippen molar-refractivity contribution in [2.45, 2.75) is 98.3 Å². The van der Waals surface area contributed by atoms with E-state index >= 15 is 0 Å². The Hall–Kier alpha value is -2.09. The van der Waals surface area contributed by atoms with Gasteiger partial charge in [0.15, 0.2) is 0 Å². The highest BCUT2D eigenvalue weighted by Gasteiger charge is 2.19. The first-order valence-corrected chi connectivity index (χ1v) is 10.2. The molecule has 0 spiro atoms. The number of amides is 2. The Morgan fingerprint density at radius 2 is 1.79 bits per heavy atom. The van der Waals surface area contributed by atoms with Crippen molar-refractivity contribution < 1.29 is 29.0 Å². The fourth-order valence-corrected chi connectivity index (χ4v) is 2.25. The molecule has 1 aliphatic carbocycles. The van der Waals surface area contributed by atoms with Gasteiger partial charge in [0.1, 0.15) is 5.60 Å². The Labute approximate surface area is 175 Å². The van der Waals surface area contributed by atoms with Gasteiger partial charge in [0.2, 0.25) is 5.91 Å². The third kappa shape index (κ3) is 19.0. The monoisotopic (exact) mass is 416 g/mol. The van der Waals surface area contributed by atoms with Crippen LogP contribution in [0.2, 0.25) is 0 Å². The number of esters is 1. The van der Waals surface area contributed by atoms with E-state index in [4.69, 9.17) is 15.6 Å². The van der Waals surface area contributed by atoms with Gasteiger partial charge in [-0.15, -0.1) is 0 Å². The van der Waals surface area contributed by atoms with Crippen LogP contribution in [0.4, 0.5) is 4.79 Å². The summed E-state index contributed by atoms with van der Waals surface area (Å²) in [6.07, 6.45) is 5.05. The molecule has 4 N–H and O–H groups in total. The van der Waals surface area contributed by atoms with Crippen molar-refractivity contribution in [3.63, 3.8) is 0 Å². The summed E-state index contributed by atoms with van der Waals surface area (Å²) in [5.41, 5.74) is 5.00. The molecule has 1 atom stereocenters. The zero-order valence-electron chi connectivity index (χ0n) is 19.0. The van der Waals surface area contributed by atoms with Crippen LogP contribution in [-0.4, -0.2) is 47.4 Å². The van der Waals surface area contributed by atoms with Crippen molar-refractivity contribution in [3.05, 3.63) is 11.6 Å². The van der Waals surface area contributed by atoms with E-state index in [1.165, 1.54) is 6.92 Å². The number of aliphatic hydroxyl groups is 1. The number of primary amides is 1. The van der Waals surface area contributed by atoms with Crippen LogP contribution in [0.15, 0.2) is 11.6 Å². The lowest BCUT2D eigenvalue weighted by Gasteiger charge is -2.21. The minimum Gasteiger partial charge on any atom is -0.463 e. The van der Waals surface area contributed by atoms with Gasteiger partial charge in [0.05, 0.1) is 12.7 Å². The number of nitrogens with one attached hydrogen (secondary N) is 1. The van der Waals surface area contributed by atoms with Crippen molar-refractivity contribution in [2.75, 3.05) is 6.61 Å². The maximum atomic E-state index is 11.3. The van der Waals surface area contributed by atoms with E-state index in [0.717, 1.165) is 24.8 Å². The van der Waals surface area contributed by atoms with Crippen LogP contribution in [0.5, 0.6) is 0 Å². The van der Waals surface area contributed by atoms with Crippen molar-refractivity contribution >= 4 is 18.0 Å². The number of carbonyl (C=O) groups is 3. The van der Waals surface area contributed by atoms with E-state index in [0.29, 0.717) is 19.4 Å². The zero-order valence-corrected chi connectivity index (χ0v) is 19.0. The standard InChI is InChI=1S/C11H17NO3.C5H11NO2.C5H12O/c1-3-15-11(14)9-4-6-10(7-5-9)12-8(2)13;1-5(2,3)8-4(6)7;1-3-5(6)4-2/h4,10H,3,5-7H2,1-2H3,(H,12,13);1-3H3,(H2,6,7);5-6H,3-4H2,1-2H3. The number of rotatable bonds is 5. The van der Waals surface area contributed by atoms with Gasteiger partial charge in [0.25, 0.3) is 0 Å². The van der Waals surface area contributed by atoms with Crippen molar-refractivity contribution in [2.24, 2.45) is 5.73 Å². The lowest BCUT2D eigenvalue weighted by atomic mass is 9.95. The van der Waals surface area contributed by atoms with E-state index in [9.17, 15) is 14.4 Å². The Balaban J connectivity index is 0. The van der Waals surface area contributed by atoms with E-state index in [2.05, 4.69) is 10.1 Å². The van der Waals surface area contributed by atoms with Gasteiger partial charge in [-0.2, -0.15) is 0 Å². The molecule has 0 saturated carbocycles. The molecule has 2 amide bonds. The highest BCUT2D eigenvalue weighted by molar-refractivity contribution is 5.88. The SMILES string of the molecule is CC(C)(C)OC(N)=O.CCC(O)CC.CCOC(=O)C1=CCC(NC(C)=O)CC1. The Bertz CT molecular complexity index is 522. The van der Waals surface area contributed by atoms with Crippen molar-refractivity contribution in [1.82, 2.24) is 5.32 Å². The van der Waals surface area contributed by atoms with E-state index in [-0.39, 0.29) is 24.0 Å². The molecule has 0 radical (unpaired) electrons. The van der Waals surface area contributed by atoms with E-state index < -0.39 is 11.7 Å². The average Bonchev–Trinajstić information content (AvgIpc) is 2.60. The normalized spacial score (nSPS) is 15.6. The molecule has 0 saturated heterocycles. The molecule has 0 heterocycles. The first-order valence-electron chi connectivity index (χ1n) is 10.2. The second kappa shape index (κ2) is 15.8. The molecule has 0 bridgehead atoms. The van der Waals surface area contributed by atoms with Crippen molar-refractivity contribution in [3.8, 4) is 0 Å². The van der Waals surface area contributed by atoms with Crippen LogP contribution in [0, 0.1) is 0 Å². The number of nitrogens with two attached hydrogens (primary N) is 1. The molecular weight excluding hydrogens is 376 g/mol. The lowest BCUT2D eigenvalue weighted by Crippen LogP contribution is -2.34. The van der Waals surface area contributed by atoms with Gasteiger partial charge in [0, 0.05) is 18.5 Å². The number of ether oxygens (including phenoxy) is 2. The van der Waals surface area contributed by atoms with Gasteiger partial charge < -0.3 is 25.6 Å². The maximum Gasteiger partial charge on any atom is 0.405 e. The van der Waals surface area contributed by atoms with Crippen LogP contribution >= 0.6 is 0 Å². The van der Waals surface area contributed by atoms with Gasteiger partial charge in [-0.05, 0) is 59.8 Å². The fraction of sp³-hybridized carbons (Fsp3) is 0.762. The van der Waals surface area contributed by atoms with Crippen LogP contribution in [0.25, 0.3) is 0 Å². The second-order valence-corrected chi connectivity index (χ2v) is 7.63. The van der Waals surface area contributed by atoms with Gasteiger partial charge >= 0.3 is 12.1 Å². The molecule has 1 rings (SSSR count). The molecule has 8 nitrogen and oxygen atoms in total. The van der Waals surface area contributed by atoms with Crippen LogP contribution < -0.4 is 11.1 Å². The maximum absolute atomic E-state index is 11.3. The smallest absolute Gasteiger partial charge is 0.405 e. The quantitative estimate of drug-likeness (QED) is 0.590. The summed E-state index contributed by atoms with van der Waals surface area (Å²) < 4.78 is 9.48. The number of hydrogen-bond acceptors (Lipinski definition) is 6. The molecule has 170 valence electrons. The highest BCUT2D eigenvalue weighted by Crippen LogP contribution is 2.19. The highest BCUT2D eigenvalue weighted by atomic mass is 16.6. The second-order valence-electron chi connectivity index (χ2n) is 7.63. The summed E-state index contributed by atoms with van der Waals surface area (Å²) in [4.78, 5) is 32.2. The minimum atomic E-state index is -0.725. The first-order chi connectivity index (χ1) is 13.4. The molecule has 1 unspecified atom stereocenters. The first kappa shape index (κ1) is 29.1. The van der Waals surface area contributed by atoms with Gasteiger partial charge in [-0.1, -0.05) is 19.9 Å². The fourth-order valence-electron chi connectivity index (χ4n) is 2.25. The molecule has 8 heteroatoms. The van der Waals surface area contributed by atoms with E-state index in [1.54, 1.807) is 27.7 Å². The number of aliphatic hydroxyl groups excluding tert-OH is 1. The summed E-state index contributed by atoms with van der Waals surface area (Å²) in [7, 11) is 0. The minimum absolute atomic E-state index is 0.0204. The predicted molar refractivity (Wildman–Crippen MR) is 113 cm³/mol. The molecule has 0 aromatic heterocycles. The molecule has 29 heavy (non-hydrogen) atoms.